The summed E-state index contributed by atoms with van der Waals surface area (Å²) < 4.78 is 11.4. The zero-order valence-corrected chi connectivity index (χ0v) is 15.6. The summed E-state index contributed by atoms with van der Waals surface area (Å²) in [6, 6.07) is 4.20. The number of carbonyl (C=O) groups excluding carboxylic acids is 1. The van der Waals surface area contributed by atoms with Gasteiger partial charge in [-0.15, -0.1) is 6.58 Å². The molecule has 0 bridgehead atoms. The second-order valence-corrected chi connectivity index (χ2v) is 6.49. The highest BCUT2D eigenvalue weighted by atomic mass is 16.5. The molecule has 0 aliphatic rings. The summed E-state index contributed by atoms with van der Waals surface area (Å²) in [4.78, 5) is 10.7. The molecule has 3 nitrogen and oxygen atoms in total. The molecule has 134 valence electrons. The zero-order valence-electron chi connectivity index (χ0n) is 15.6. The Morgan fingerprint density at radius 1 is 1.17 bits per heavy atom. The van der Waals surface area contributed by atoms with E-state index in [1.165, 1.54) is 12.8 Å². The lowest BCUT2D eigenvalue weighted by Crippen LogP contribution is -2.07. The molecule has 3 heteroatoms. The van der Waals surface area contributed by atoms with E-state index in [2.05, 4.69) is 32.6 Å². The Balaban J connectivity index is 3.21. The van der Waals surface area contributed by atoms with Crippen molar-refractivity contribution in [3.8, 4) is 11.5 Å². The predicted molar refractivity (Wildman–Crippen MR) is 100 cm³/mol. The largest absolute Gasteiger partial charge is 0.496 e. The van der Waals surface area contributed by atoms with Crippen LogP contribution >= 0.6 is 0 Å². The van der Waals surface area contributed by atoms with Gasteiger partial charge in [0.2, 0.25) is 0 Å². The monoisotopic (exact) mass is 332 g/mol. The summed E-state index contributed by atoms with van der Waals surface area (Å²) in [5.74, 6) is 2.43. The van der Waals surface area contributed by atoms with Gasteiger partial charge in [0.1, 0.15) is 17.8 Å². The van der Waals surface area contributed by atoms with Gasteiger partial charge in [-0.1, -0.05) is 32.8 Å². The molecule has 0 fully saturated rings. The van der Waals surface area contributed by atoms with E-state index in [0.717, 1.165) is 48.2 Å². The molecule has 24 heavy (non-hydrogen) atoms. The van der Waals surface area contributed by atoms with Crippen molar-refractivity contribution in [3.63, 3.8) is 0 Å². The van der Waals surface area contributed by atoms with E-state index in [-0.39, 0.29) is 0 Å². The van der Waals surface area contributed by atoms with Gasteiger partial charge in [0.05, 0.1) is 14.2 Å². The lowest BCUT2D eigenvalue weighted by molar-refractivity contribution is -0.108. The first kappa shape index (κ1) is 20.3. The number of allylic oxidation sites excluding steroid dienone is 1. The first-order valence-electron chi connectivity index (χ1n) is 8.90. The Morgan fingerprint density at radius 2 is 1.79 bits per heavy atom. The lowest BCUT2D eigenvalue weighted by atomic mass is 9.87. The summed E-state index contributed by atoms with van der Waals surface area (Å²) >= 11 is 0. The van der Waals surface area contributed by atoms with Crippen LogP contribution in [0.5, 0.6) is 11.5 Å². The quantitative estimate of drug-likeness (QED) is 0.384. The third-order valence-electron chi connectivity index (χ3n) is 4.45. The molecule has 1 aromatic carbocycles. The maximum atomic E-state index is 10.7. The smallest absolute Gasteiger partial charge is 0.126 e. The number of hydrogen-bond acceptors (Lipinski definition) is 3. The van der Waals surface area contributed by atoms with Crippen molar-refractivity contribution < 1.29 is 14.3 Å². The average Bonchev–Trinajstić information content (AvgIpc) is 2.58. The van der Waals surface area contributed by atoms with Gasteiger partial charge in [0.15, 0.2) is 0 Å². The van der Waals surface area contributed by atoms with Crippen molar-refractivity contribution in [3.05, 3.63) is 35.9 Å². The number of ether oxygens (including phenoxy) is 2. The molecule has 0 N–H and O–H groups in total. The van der Waals surface area contributed by atoms with E-state index >= 15 is 0 Å². The van der Waals surface area contributed by atoms with Gasteiger partial charge in [0.25, 0.3) is 0 Å². The second kappa shape index (κ2) is 10.9. The van der Waals surface area contributed by atoms with Gasteiger partial charge in [-0.3, -0.25) is 0 Å². The maximum absolute atomic E-state index is 10.7. The van der Waals surface area contributed by atoms with Gasteiger partial charge >= 0.3 is 0 Å². The lowest BCUT2D eigenvalue weighted by Gasteiger charge is -2.23. The summed E-state index contributed by atoms with van der Waals surface area (Å²) in [5.41, 5.74) is 2.29. The summed E-state index contributed by atoms with van der Waals surface area (Å²) in [6.45, 7) is 8.20. The van der Waals surface area contributed by atoms with Crippen LogP contribution in [-0.2, 0) is 11.2 Å². The van der Waals surface area contributed by atoms with Crippen molar-refractivity contribution >= 4 is 6.29 Å². The second-order valence-electron chi connectivity index (χ2n) is 6.49. The fourth-order valence-corrected chi connectivity index (χ4v) is 3.20. The van der Waals surface area contributed by atoms with Gasteiger partial charge < -0.3 is 14.3 Å². The molecule has 0 amide bonds. The summed E-state index contributed by atoms with van der Waals surface area (Å²) in [6.07, 6.45) is 8.71. The van der Waals surface area contributed by atoms with Gasteiger partial charge in [-0.25, -0.2) is 0 Å². The van der Waals surface area contributed by atoms with Crippen molar-refractivity contribution in [2.24, 2.45) is 5.92 Å². The molecular weight excluding hydrogens is 300 g/mol. The van der Waals surface area contributed by atoms with Crippen molar-refractivity contribution in [1.29, 1.82) is 0 Å². The SMILES string of the molecule is C=CC[C@H](CCCC)c1c(OC)cc(C[C@@H](C)CC=O)cc1OC. The van der Waals surface area contributed by atoms with Gasteiger partial charge in [-0.2, -0.15) is 0 Å². The number of methoxy groups -OCH3 is 2. The number of rotatable bonds is 12. The van der Waals surface area contributed by atoms with E-state index in [4.69, 9.17) is 9.47 Å². The standard InChI is InChI=1S/C21H32O3/c1-6-8-10-18(9-7-2)21-19(23-4)14-17(15-20(21)24-5)13-16(3)11-12-22/h7,12,14-16,18H,2,6,8-11,13H2,1,3-5H3/t16-,18+/m0/s1. The topological polar surface area (TPSA) is 35.5 Å². The van der Waals surface area contributed by atoms with E-state index in [1.54, 1.807) is 14.2 Å². The molecule has 0 aliphatic carbocycles. The van der Waals surface area contributed by atoms with E-state index in [1.807, 2.05) is 6.08 Å². The van der Waals surface area contributed by atoms with Crippen LogP contribution in [0.4, 0.5) is 0 Å². The number of unbranched alkanes of at least 4 members (excludes halogenated alkanes) is 1. The Kier molecular flexibility index (Phi) is 9.21. The summed E-state index contributed by atoms with van der Waals surface area (Å²) in [5, 5.41) is 0. The molecule has 0 aliphatic heterocycles. The summed E-state index contributed by atoms with van der Waals surface area (Å²) in [7, 11) is 3.42. The Bertz CT molecular complexity index is 497. The third kappa shape index (κ3) is 5.70. The van der Waals surface area contributed by atoms with Crippen molar-refractivity contribution in [1.82, 2.24) is 0 Å². The first-order valence-corrected chi connectivity index (χ1v) is 8.90. The van der Waals surface area contributed by atoms with Crippen LogP contribution in [-0.4, -0.2) is 20.5 Å². The van der Waals surface area contributed by atoms with Crippen LogP contribution in [0.1, 0.15) is 63.0 Å². The maximum Gasteiger partial charge on any atom is 0.126 e. The van der Waals surface area contributed by atoms with E-state index < -0.39 is 0 Å². The van der Waals surface area contributed by atoms with Crippen LogP contribution < -0.4 is 9.47 Å². The molecule has 1 aromatic rings. The first-order chi connectivity index (χ1) is 11.6. The molecular formula is C21H32O3. The van der Waals surface area contributed by atoms with E-state index in [0.29, 0.717) is 18.3 Å². The predicted octanol–water partition coefficient (Wildman–Crippen LogP) is 5.32. The molecule has 2 atom stereocenters. The minimum Gasteiger partial charge on any atom is -0.496 e. The third-order valence-corrected chi connectivity index (χ3v) is 4.45. The molecule has 0 heterocycles. The van der Waals surface area contributed by atoms with E-state index in [9.17, 15) is 4.79 Å². The Hall–Kier alpha value is -1.77. The Morgan fingerprint density at radius 3 is 2.25 bits per heavy atom. The number of benzene rings is 1. The minimum atomic E-state index is 0.312. The normalized spacial score (nSPS) is 13.2. The highest BCUT2D eigenvalue weighted by Gasteiger charge is 2.21. The van der Waals surface area contributed by atoms with Gasteiger partial charge in [-0.05, 0) is 48.8 Å². The minimum absolute atomic E-state index is 0.312. The molecule has 0 unspecified atom stereocenters. The fourth-order valence-electron chi connectivity index (χ4n) is 3.20. The van der Waals surface area contributed by atoms with Crippen LogP contribution in [0.15, 0.2) is 24.8 Å². The van der Waals surface area contributed by atoms with Crippen LogP contribution in [0, 0.1) is 5.92 Å². The molecule has 0 spiro atoms. The fraction of sp³-hybridized carbons (Fsp3) is 0.571. The molecule has 1 rings (SSSR count). The number of hydrogen-bond donors (Lipinski definition) is 0. The van der Waals surface area contributed by atoms with Crippen molar-refractivity contribution in [2.45, 2.75) is 58.3 Å². The number of aldehydes is 1. The molecule has 0 aromatic heterocycles. The number of carbonyl (C=O) groups is 1. The van der Waals surface area contributed by atoms with Crippen LogP contribution in [0.2, 0.25) is 0 Å². The van der Waals surface area contributed by atoms with Crippen LogP contribution in [0.25, 0.3) is 0 Å². The Labute approximate surface area is 147 Å². The molecule has 0 saturated carbocycles. The highest BCUT2D eigenvalue weighted by Crippen LogP contribution is 2.41. The highest BCUT2D eigenvalue weighted by molar-refractivity contribution is 5.52. The zero-order chi connectivity index (χ0) is 17.9. The molecule has 0 saturated heterocycles. The average molecular weight is 332 g/mol. The van der Waals surface area contributed by atoms with Gasteiger partial charge in [0, 0.05) is 12.0 Å². The van der Waals surface area contributed by atoms with Crippen LogP contribution in [0.3, 0.4) is 0 Å². The van der Waals surface area contributed by atoms with Crippen molar-refractivity contribution in [2.75, 3.05) is 14.2 Å². The molecule has 0 radical (unpaired) electrons.